The minimum Gasteiger partial charge on any atom is -0.493 e. The van der Waals surface area contributed by atoms with Gasteiger partial charge in [0.05, 0.1) is 6.61 Å². The fourth-order valence-corrected chi connectivity index (χ4v) is 2.90. The average Bonchev–Trinajstić information content (AvgIpc) is 2.88. The largest absolute Gasteiger partial charge is 0.493 e. The zero-order chi connectivity index (χ0) is 13.2. The van der Waals surface area contributed by atoms with E-state index < -0.39 is 0 Å². The predicted octanol–water partition coefficient (Wildman–Crippen LogP) is 0.961. The number of benzene rings is 1. The van der Waals surface area contributed by atoms with Crippen LogP contribution in [0.1, 0.15) is 5.56 Å². The van der Waals surface area contributed by atoms with Crippen LogP contribution in [0.5, 0.6) is 5.75 Å². The smallest absolute Gasteiger partial charge is 0.122 e. The van der Waals surface area contributed by atoms with Gasteiger partial charge in [-0.3, -0.25) is 4.90 Å². The first-order valence-electron chi connectivity index (χ1n) is 7.12. The molecule has 0 radical (unpaired) electrons. The zero-order valence-corrected chi connectivity index (χ0v) is 11.9. The molecule has 0 amide bonds. The molecule has 2 aliphatic heterocycles. The number of hydrogen-bond donors (Lipinski definition) is 1. The van der Waals surface area contributed by atoms with Crippen LogP contribution in [-0.2, 0) is 6.42 Å². The highest BCUT2D eigenvalue weighted by molar-refractivity contribution is 5.54. The third kappa shape index (κ3) is 2.69. The maximum Gasteiger partial charge on any atom is 0.122 e. The molecule has 2 heterocycles. The molecule has 1 unspecified atom stereocenters. The molecular weight excluding hydrogens is 238 g/mol. The molecule has 1 saturated heterocycles. The number of rotatable bonds is 3. The van der Waals surface area contributed by atoms with E-state index in [1.54, 1.807) is 0 Å². The highest BCUT2D eigenvalue weighted by Crippen LogP contribution is 2.29. The van der Waals surface area contributed by atoms with Crippen molar-refractivity contribution in [3.8, 4) is 5.75 Å². The number of hydrogen-bond acceptors (Lipinski definition) is 4. The number of anilines is 1. The van der Waals surface area contributed by atoms with E-state index in [1.165, 1.54) is 11.3 Å². The Bertz CT molecular complexity index is 449. The van der Waals surface area contributed by atoms with Gasteiger partial charge < -0.3 is 15.0 Å². The van der Waals surface area contributed by atoms with Crippen molar-refractivity contribution in [3.05, 3.63) is 23.8 Å². The first-order chi connectivity index (χ1) is 9.24. The second-order valence-corrected chi connectivity index (χ2v) is 5.61. The van der Waals surface area contributed by atoms with E-state index in [0.717, 1.165) is 45.0 Å². The number of ether oxygens (including phenoxy) is 1. The lowest BCUT2D eigenvalue weighted by Gasteiger charge is -2.36. The van der Waals surface area contributed by atoms with Crippen molar-refractivity contribution in [2.75, 3.05) is 51.8 Å². The fourth-order valence-electron chi connectivity index (χ4n) is 2.90. The van der Waals surface area contributed by atoms with Crippen LogP contribution in [0.25, 0.3) is 0 Å². The number of likely N-dealkylation sites (N-methyl/N-ethyl adjacent to an activating group) is 2. The fraction of sp³-hybridized carbons (Fsp3) is 0.600. The lowest BCUT2D eigenvalue weighted by atomic mass is 10.1. The Kier molecular flexibility index (Phi) is 3.62. The van der Waals surface area contributed by atoms with Gasteiger partial charge in [0.15, 0.2) is 0 Å². The van der Waals surface area contributed by atoms with Gasteiger partial charge in [-0.1, -0.05) is 0 Å². The molecule has 1 aromatic rings. The predicted molar refractivity (Wildman–Crippen MR) is 78.2 cm³/mol. The summed E-state index contributed by atoms with van der Waals surface area (Å²) in [4.78, 5) is 4.80. The van der Waals surface area contributed by atoms with E-state index in [1.807, 2.05) is 0 Å². The van der Waals surface area contributed by atoms with E-state index in [9.17, 15) is 0 Å². The van der Waals surface area contributed by atoms with Crippen LogP contribution in [0.15, 0.2) is 18.2 Å². The molecule has 0 bridgehead atoms. The van der Waals surface area contributed by atoms with Crippen molar-refractivity contribution in [1.29, 1.82) is 0 Å². The maximum absolute atomic E-state index is 5.56. The molecule has 0 saturated carbocycles. The second-order valence-electron chi connectivity index (χ2n) is 5.61. The Labute approximate surface area is 115 Å². The summed E-state index contributed by atoms with van der Waals surface area (Å²) in [6.07, 6.45) is 1.04. The standard InChI is InChI=1S/C15H23N3O/c1-17-7-6-16-10-14(17)11-18(2)13-3-4-15-12(9-13)5-8-19-15/h3-4,9,14,16H,5-8,10-11H2,1-2H3. The van der Waals surface area contributed by atoms with Crippen molar-refractivity contribution < 1.29 is 4.74 Å². The normalized spacial score (nSPS) is 22.9. The van der Waals surface area contributed by atoms with Gasteiger partial charge in [-0.15, -0.1) is 0 Å². The van der Waals surface area contributed by atoms with Crippen LogP contribution >= 0.6 is 0 Å². The van der Waals surface area contributed by atoms with E-state index >= 15 is 0 Å². The van der Waals surface area contributed by atoms with Crippen molar-refractivity contribution in [1.82, 2.24) is 10.2 Å². The van der Waals surface area contributed by atoms with Crippen molar-refractivity contribution >= 4 is 5.69 Å². The lowest BCUT2D eigenvalue weighted by Crippen LogP contribution is -2.53. The maximum atomic E-state index is 5.56. The molecule has 19 heavy (non-hydrogen) atoms. The number of nitrogens with zero attached hydrogens (tertiary/aromatic N) is 2. The van der Waals surface area contributed by atoms with Gasteiger partial charge in [0, 0.05) is 51.4 Å². The number of fused-ring (bicyclic) bond motifs is 1. The SMILES string of the molecule is CN(CC1CNCCN1C)c1ccc2c(c1)CCO2. The minimum absolute atomic E-state index is 0.586. The van der Waals surface area contributed by atoms with Crippen molar-refractivity contribution in [2.24, 2.45) is 0 Å². The summed E-state index contributed by atoms with van der Waals surface area (Å²) in [5, 5.41) is 3.48. The van der Waals surface area contributed by atoms with Crippen LogP contribution < -0.4 is 15.0 Å². The second kappa shape index (κ2) is 5.39. The number of nitrogens with one attached hydrogen (secondary N) is 1. The molecule has 104 valence electrons. The Morgan fingerprint density at radius 3 is 3.21 bits per heavy atom. The van der Waals surface area contributed by atoms with E-state index in [4.69, 9.17) is 4.74 Å². The third-order valence-corrected chi connectivity index (χ3v) is 4.24. The summed E-state index contributed by atoms with van der Waals surface area (Å²) < 4.78 is 5.56. The van der Waals surface area contributed by atoms with E-state index in [0.29, 0.717) is 6.04 Å². The molecule has 1 aromatic carbocycles. The summed E-state index contributed by atoms with van der Waals surface area (Å²) in [6, 6.07) is 7.14. The quantitative estimate of drug-likeness (QED) is 0.877. The topological polar surface area (TPSA) is 27.7 Å². The lowest BCUT2D eigenvalue weighted by molar-refractivity contribution is 0.204. The molecule has 0 spiro atoms. The van der Waals surface area contributed by atoms with Gasteiger partial charge in [0.2, 0.25) is 0 Å². The summed E-state index contributed by atoms with van der Waals surface area (Å²) in [5.41, 5.74) is 2.64. The Morgan fingerprint density at radius 1 is 1.47 bits per heavy atom. The van der Waals surface area contributed by atoms with Crippen LogP contribution in [0.2, 0.25) is 0 Å². The minimum atomic E-state index is 0.586. The molecule has 1 atom stereocenters. The third-order valence-electron chi connectivity index (χ3n) is 4.24. The van der Waals surface area contributed by atoms with Crippen molar-refractivity contribution in [3.63, 3.8) is 0 Å². The van der Waals surface area contributed by atoms with Crippen LogP contribution in [0.4, 0.5) is 5.69 Å². The highest BCUT2D eigenvalue weighted by Gasteiger charge is 2.21. The highest BCUT2D eigenvalue weighted by atomic mass is 16.5. The molecule has 0 aromatic heterocycles. The number of piperazine rings is 1. The van der Waals surface area contributed by atoms with Gasteiger partial charge >= 0.3 is 0 Å². The molecule has 3 rings (SSSR count). The van der Waals surface area contributed by atoms with Gasteiger partial charge in [-0.25, -0.2) is 0 Å². The zero-order valence-electron chi connectivity index (χ0n) is 11.9. The molecule has 1 N–H and O–H groups in total. The first kappa shape index (κ1) is 12.8. The van der Waals surface area contributed by atoms with Crippen LogP contribution in [0.3, 0.4) is 0 Å². The average molecular weight is 261 g/mol. The molecule has 0 aliphatic carbocycles. The molecule has 4 nitrogen and oxygen atoms in total. The molecule has 2 aliphatic rings. The molecular formula is C15H23N3O. The summed E-state index contributed by atoms with van der Waals surface area (Å²) in [6.45, 7) is 5.21. The van der Waals surface area contributed by atoms with Gasteiger partial charge in [-0.05, 0) is 30.8 Å². The Morgan fingerprint density at radius 2 is 2.37 bits per heavy atom. The first-order valence-corrected chi connectivity index (χ1v) is 7.12. The van der Waals surface area contributed by atoms with Crippen LogP contribution in [0, 0.1) is 0 Å². The summed E-state index contributed by atoms with van der Waals surface area (Å²) in [7, 11) is 4.40. The monoisotopic (exact) mass is 261 g/mol. The summed E-state index contributed by atoms with van der Waals surface area (Å²) >= 11 is 0. The Hall–Kier alpha value is -1.26. The summed E-state index contributed by atoms with van der Waals surface area (Å²) in [5.74, 6) is 1.06. The molecule has 4 heteroatoms. The molecule has 1 fully saturated rings. The van der Waals surface area contributed by atoms with E-state index in [-0.39, 0.29) is 0 Å². The van der Waals surface area contributed by atoms with Crippen molar-refractivity contribution in [2.45, 2.75) is 12.5 Å². The van der Waals surface area contributed by atoms with Gasteiger partial charge in [0.25, 0.3) is 0 Å². The van der Waals surface area contributed by atoms with Crippen LogP contribution in [-0.4, -0.2) is 57.8 Å². The van der Waals surface area contributed by atoms with Gasteiger partial charge in [0.1, 0.15) is 5.75 Å². The van der Waals surface area contributed by atoms with Gasteiger partial charge in [-0.2, -0.15) is 0 Å². The van der Waals surface area contributed by atoms with E-state index in [2.05, 4.69) is 47.4 Å². The Balaban J connectivity index is 1.68.